The fraction of sp³-hybridized carbons (Fsp3) is 0.115. The van der Waals surface area contributed by atoms with Gasteiger partial charge in [-0.05, 0) is 55.0 Å². The summed E-state index contributed by atoms with van der Waals surface area (Å²) in [5, 5.41) is 5.99. The Morgan fingerprint density at radius 2 is 1.71 bits per heavy atom. The van der Waals surface area contributed by atoms with E-state index in [1.807, 2.05) is 73.7 Å². The number of aromatic nitrogens is 4. The Kier molecular flexibility index (Phi) is 5.12. The minimum absolute atomic E-state index is 0.176. The highest BCUT2D eigenvalue weighted by atomic mass is 35.5. The molecule has 0 fully saturated rings. The van der Waals surface area contributed by atoms with Crippen molar-refractivity contribution in [1.29, 1.82) is 0 Å². The van der Waals surface area contributed by atoms with Gasteiger partial charge in [0.15, 0.2) is 11.5 Å². The minimum Gasteiger partial charge on any atom is -0.494 e. The van der Waals surface area contributed by atoms with Crippen LogP contribution < -0.4 is 9.47 Å². The molecule has 5 aromatic rings. The van der Waals surface area contributed by atoms with E-state index in [9.17, 15) is 0 Å². The van der Waals surface area contributed by atoms with Gasteiger partial charge in [0.2, 0.25) is 5.88 Å². The molecule has 2 aromatic heterocycles. The molecule has 0 radical (unpaired) electrons. The maximum Gasteiger partial charge on any atom is 0.228 e. The predicted octanol–water partition coefficient (Wildman–Crippen LogP) is 6.78. The standard InChI is InChI=1S/C26H18Cl2N4O2/c1-2-33-19-11-12-20-21(13-19)34-26-23(22(20)15-3-7-17(27)8-4-15)25-30-24(31-32(25)14-29-26)16-5-9-18(28)10-6-16/h3-14,22H,2H2,1H3. The first-order valence-electron chi connectivity index (χ1n) is 10.8. The average molecular weight is 489 g/mol. The zero-order chi connectivity index (χ0) is 23.2. The van der Waals surface area contributed by atoms with Crippen molar-refractivity contribution in [2.24, 2.45) is 0 Å². The van der Waals surface area contributed by atoms with Crippen LogP contribution >= 0.6 is 23.2 Å². The second-order valence-electron chi connectivity index (χ2n) is 7.89. The molecule has 0 saturated heterocycles. The van der Waals surface area contributed by atoms with Crippen molar-refractivity contribution < 1.29 is 9.47 Å². The zero-order valence-electron chi connectivity index (χ0n) is 18.1. The third-order valence-corrected chi connectivity index (χ3v) is 6.30. The Morgan fingerprint density at radius 3 is 2.44 bits per heavy atom. The molecule has 6 nitrogen and oxygen atoms in total. The molecule has 1 unspecified atom stereocenters. The van der Waals surface area contributed by atoms with Crippen LogP contribution in [0.1, 0.15) is 29.5 Å². The molecule has 0 amide bonds. The molecule has 1 aliphatic heterocycles. The van der Waals surface area contributed by atoms with E-state index in [1.165, 1.54) is 0 Å². The van der Waals surface area contributed by atoms with Crippen molar-refractivity contribution in [2.45, 2.75) is 12.8 Å². The van der Waals surface area contributed by atoms with E-state index in [0.29, 0.717) is 39.8 Å². The topological polar surface area (TPSA) is 61.5 Å². The summed E-state index contributed by atoms with van der Waals surface area (Å²) in [4.78, 5) is 9.46. The van der Waals surface area contributed by atoms with Gasteiger partial charge in [-0.2, -0.15) is 0 Å². The average Bonchev–Trinajstić information content (AvgIpc) is 3.28. The van der Waals surface area contributed by atoms with Crippen molar-refractivity contribution in [3.05, 3.63) is 99.8 Å². The van der Waals surface area contributed by atoms with Gasteiger partial charge < -0.3 is 9.47 Å². The minimum atomic E-state index is -0.176. The Balaban J connectivity index is 1.57. The second kappa shape index (κ2) is 8.31. The molecule has 3 aromatic carbocycles. The van der Waals surface area contributed by atoms with E-state index in [2.05, 4.69) is 10.1 Å². The molecule has 0 saturated carbocycles. The van der Waals surface area contributed by atoms with Gasteiger partial charge in [0.25, 0.3) is 0 Å². The smallest absolute Gasteiger partial charge is 0.228 e. The van der Waals surface area contributed by atoms with E-state index < -0.39 is 0 Å². The van der Waals surface area contributed by atoms with E-state index in [-0.39, 0.29) is 5.92 Å². The quantitative estimate of drug-likeness (QED) is 0.273. The highest BCUT2D eigenvalue weighted by Gasteiger charge is 2.33. The van der Waals surface area contributed by atoms with Crippen LogP contribution in [0.25, 0.3) is 17.0 Å². The third-order valence-electron chi connectivity index (χ3n) is 5.80. The maximum atomic E-state index is 6.26. The molecule has 6 rings (SSSR count). The van der Waals surface area contributed by atoms with Gasteiger partial charge in [0, 0.05) is 33.2 Å². The fourth-order valence-corrected chi connectivity index (χ4v) is 4.53. The molecular weight excluding hydrogens is 471 g/mol. The van der Waals surface area contributed by atoms with E-state index in [4.69, 9.17) is 37.7 Å². The number of halogens is 2. The summed E-state index contributed by atoms with van der Waals surface area (Å²) in [5.41, 5.74) is 4.42. The molecule has 168 valence electrons. The molecule has 0 aliphatic carbocycles. The Labute approximate surface area is 205 Å². The Morgan fingerprint density at radius 1 is 0.971 bits per heavy atom. The van der Waals surface area contributed by atoms with Gasteiger partial charge in [-0.25, -0.2) is 14.5 Å². The molecule has 8 heteroatoms. The molecule has 0 spiro atoms. The van der Waals surface area contributed by atoms with E-state index in [0.717, 1.165) is 28.0 Å². The lowest BCUT2D eigenvalue weighted by atomic mass is 9.84. The summed E-state index contributed by atoms with van der Waals surface area (Å²) in [7, 11) is 0. The monoisotopic (exact) mass is 488 g/mol. The lowest BCUT2D eigenvalue weighted by Gasteiger charge is -2.28. The van der Waals surface area contributed by atoms with Gasteiger partial charge in [-0.15, -0.1) is 5.10 Å². The summed E-state index contributed by atoms with van der Waals surface area (Å²) < 4.78 is 13.6. The van der Waals surface area contributed by atoms with Crippen molar-refractivity contribution in [3.8, 4) is 28.8 Å². The number of benzene rings is 3. The number of rotatable bonds is 4. The van der Waals surface area contributed by atoms with Crippen molar-refractivity contribution >= 4 is 28.8 Å². The number of nitrogens with zero attached hydrogens (tertiary/aromatic N) is 4. The number of fused-ring (bicyclic) bond motifs is 4. The van der Waals surface area contributed by atoms with Gasteiger partial charge in [-0.1, -0.05) is 41.4 Å². The van der Waals surface area contributed by atoms with Gasteiger partial charge in [-0.3, -0.25) is 0 Å². The molecule has 1 aliphatic rings. The van der Waals surface area contributed by atoms with Crippen LogP contribution in [0.15, 0.2) is 73.1 Å². The molecule has 0 bridgehead atoms. The molecular formula is C26H18Cl2N4O2. The normalized spacial score (nSPS) is 14.4. The van der Waals surface area contributed by atoms with E-state index in [1.54, 1.807) is 10.8 Å². The Hall–Kier alpha value is -3.61. The summed E-state index contributed by atoms with van der Waals surface area (Å²) in [5.74, 6) is 2.34. The predicted molar refractivity (Wildman–Crippen MR) is 131 cm³/mol. The van der Waals surface area contributed by atoms with Crippen LogP contribution in [-0.4, -0.2) is 26.2 Å². The summed E-state index contributed by atoms with van der Waals surface area (Å²) in [6, 6.07) is 21.1. The second-order valence-corrected chi connectivity index (χ2v) is 8.77. The lowest BCUT2D eigenvalue weighted by Crippen LogP contribution is -2.15. The van der Waals surface area contributed by atoms with Crippen LogP contribution in [0.4, 0.5) is 0 Å². The zero-order valence-corrected chi connectivity index (χ0v) is 19.6. The van der Waals surface area contributed by atoms with Crippen molar-refractivity contribution in [1.82, 2.24) is 19.6 Å². The highest BCUT2D eigenvalue weighted by molar-refractivity contribution is 6.30. The SMILES string of the molecule is CCOc1ccc2c(c1)Oc1ncn3nc(-c4ccc(Cl)cc4)nc3c1C2c1ccc(Cl)cc1. The Bertz CT molecular complexity index is 1520. The summed E-state index contributed by atoms with van der Waals surface area (Å²) in [6.45, 7) is 2.52. The van der Waals surface area contributed by atoms with Crippen LogP contribution in [0.5, 0.6) is 17.4 Å². The van der Waals surface area contributed by atoms with Crippen LogP contribution in [0.2, 0.25) is 10.0 Å². The molecule has 0 N–H and O–H groups in total. The van der Waals surface area contributed by atoms with Crippen molar-refractivity contribution in [2.75, 3.05) is 6.61 Å². The van der Waals surface area contributed by atoms with E-state index >= 15 is 0 Å². The summed E-state index contributed by atoms with van der Waals surface area (Å²) >= 11 is 12.3. The highest BCUT2D eigenvalue weighted by Crippen LogP contribution is 2.48. The number of hydrogen-bond acceptors (Lipinski definition) is 5. The van der Waals surface area contributed by atoms with Gasteiger partial charge in [0.1, 0.15) is 17.8 Å². The van der Waals surface area contributed by atoms with Crippen LogP contribution in [0, 0.1) is 0 Å². The van der Waals surface area contributed by atoms with Gasteiger partial charge >= 0.3 is 0 Å². The van der Waals surface area contributed by atoms with Gasteiger partial charge in [0.05, 0.1) is 12.2 Å². The molecule has 3 heterocycles. The van der Waals surface area contributed by atoms with Crippen LogP contribution in [-0.2, 0) is 0 Å². The first-order chi connectivity index (χ1) is 16.6. The number of ether oxygens (including phenoxy) is 2. The first-order valence-corrected chi connectivity index (χ1v) is 11.6. The first kappa shape index (κ1) is 21.0. The lowest BCUT2D eigenvalue weighted by molar-refractivity contribution is 0.336. The third kappa shape index (κ3) is 3.56. The molecule has 1 atom stereocenters. The van der Waals surface area contributed by atoms with Crippen molar-refractivity contribution in [3.63, 3.8) is 0 Å². The molecule has 34 heavy (non-hydrogen) atoms. The largest absolute Gasteiger partial charge is 0.494 e. The maximum absolute atomic E-state index is 6.26. The fourth-order valence-electron chi connectivity index (χ4n) is 4.27. The number of hydrogen-bond donors (Lipinski definition) is 0. The van der Waals surface area contributed by atoms with Crippen LogP contribution in [0.3, 0.4) is 0 Å². The summed E-state index contributed by atoms with van der Waals surface area (Å²) in [6.07, 6.45) is 1.62.